The van der Waals surface area contributed by atoms with Gasteiger partial charge in [0.25, 0.3) is 0 Å². The number of amides is 1. The van der Waals surface area contributed by atoms with Crippen LogP contribution in [0.3, 0.4) is 0 Å². The number of carbonyl (C=O) groups excluding carboxylic acids is 1. The monoisotopic (exact) mass is 396 g/mol. The molecule has 2 heterocycles. The molecular formula is C18H25BrN2O3. The third-order valence-corrected chi connectivity index (χ3v) is 4.95. The van der Waals surface area contributed by atoms with Crippen molar-refractivity contribution < 1.29 is 14.3 Å². The molecule has 1 aromatic carbocycles. The summed E-state index contributed by atoms with van der Waals surface area (Å²) in [6.45, 7) is 7.48. The van der Waals surface area contributed by atoms with Gasteiger partial charge in [0.2, 0.25) is 0 Å². The summed E-state index contributed by atoms with van der Waals surface area (Å²) in [5, 5.41) is 6.42. The summed E-state index contributed by atoms with van der Waals surface area (Å²) in [5.74, 6) is 0.854. The van der Waals surface area contributed by atoms with Crippen LogP contribution in [0.25, 0.3) is 0 Å². The molecule has 0 bridgehead atoms. The maximum atomic E-state index is 12.3. The highest BCUT2D eigenvalue weighted by molar-refractivity contribution is 9.10. The Morgan fingerprint density at radius 1 is 1.38 bits per heavy atom. The van der Waals surface area contributed by atoms with E-state index in [1.807, 2.05) is 39.0 Å². The van der Waals surface area contributed by atoms with E-state index >= 15 is 0 Å². The Bertz CT molecular complexity index is 621. The summed E-state index contributed by atoms with van der Waals surface area (Å²) >= 11 is 3.51. The lowest BCUT2D eigenvalue weighted by Gasteiger charge is -2.44. The number of alkyl carbamates (subject to hydrolysis) is 1. The zero-order chi connectivity index (χ0) is 17.4. The predicted molar refractivity (Wildman–Crippen MR) is 96.3 cm³/mol. The van der Waals surface area contributed by atoms with Crippen LogP contribution in [0.4, 0.5) is 4.79 Å². The van der Waals surface area contributed by atoms with E-state index in [4.69, 9.17) is 9.47 Å². The van der Waals surface area contributed by atoms with Crippen LogP contribution in [0, 0.1) is 0 Å². The molecule has 132 valence electrons. The summed E-state index contributed by atoms with van der Waals surface area (Å²) in [5.41, 5.74) is 0.271. The van der Waals surface area contributed by atoms with Gasteiger partial charge in [0.1, 0.15) is 17.0 Å². The lowest BCUT2D eigenvalue weighted by atomic mass is 9.81. The second-order valence-corrected chi connectivity index (χ2v) is 8.54. The molecule has 2 N–H and O–H groups in total. The second-order valence-electron chi connectivity index (χ2n) is 7.62. The number of benzene rings is 1. The molecule has 0 aromatic heterocycles. The zero-order valence-electron chi connectivity index (χ0n) is 14.4. The summed E-state index contributed by atoms with van der Waals surface area (Å²) in [6, 6.07) is 5.86. The molecule has 1 spiro atoms. The molecule has 6 heteroatoms. The average molecular weight is 397 g/mol. The maximum Gasteiger partial charge on any atom is 0.408 e. The van der Waals surface area contributed by atoms with Gasteiger partial charge in [-0.05, 0) is 64.9 Å². The van der Waals surface area contributed by atoms with Gasteiger partial charge in [-0.25, -0.2) is 4.79 Å². The number of hydrogen-bond donors (Lipinski definition) is 2. The quantitative estimate of drug-likeness (QED) is 0.754. The van der Waals surface area contributed by atoms with Crippen LogP contribution in [0.1, 0.15) is 51.6 Å². The standard InChI is InChI=1S/C18H25BrN2O3/c1-17(2,3)24-16(22)21-14-11-18(6-8-20-9-7-18)23-15-5-4-12(19)10-13(14)15/h4-5,10,14,20H,6-9,11H2,1-3H3,(H,21,22). The fourth-order valence-corrected chi connectivity index (χ4v) is 3.79. The lowest BCUT2D eigenvalue weighted by Crippen LogP contribution is -2.51. The van der Waals surface area contributed by atoms with Gasteiger partial charge in [0, 0.05) is 16.5 Å². The fourth-order valence-electron chi connectivity index (χ4n) is 3.41. The number of ether oxygens (including phenoxy) is 2. The van der Waals surface area contributed by atoms with Crippen LogP contribution < -0.4 is 15.4 Å². The van der Waals surface area contributed by atoms with Crippen LogP contribution >= 0.6 is 15.9 Å². The molecule has 5 nitrogen and oxygen atoms in total. The Kier molecular flexibility index (Phi) is 4.80. The van der Waals surface area contributed by atoms with E-state index in [1.165, 1.54) is 0 Å². The van der Waals surface area contributed by atoms with E-state index in [9.17, 15) is 4.79 Å². The molecule has 1 unspecified atom stereocenters. The van der Waals surface area contributed by atoms with E-state index < -0.39 is 5.60 Å². The molecule has 0 aliphatic carbocycles. The van der Waals surface area contributed by atoms with Crippen molar-refractivity contribution in [1.29, 1.82) is 0 Å². The zero-order valence-corrected chi connectivity index (χ0v) is 16.0. The molecule has 1 atom stereocenters. The van der Waals surface area contributed by atoms with Crippen LogP contribution in [-0.2, 0) is 4.74 Å². The SMILES string of the molecule is CC(C)(C)OC(=O)NC1CC2(CCNCC2)Oc2ccc(Br)cc21. The molecule has 0 radical (unpaired) electrons. The summed E-state index contributed by atoms with van der Waals surface area (Å²) in [6.07, 6.45) is 2.26. The number of carbonyl (C=O) groups is 1. The van der Waals surface area contributed by atoms with Gasteiger partial charge in [-0.2, -0.15) is 0 Å². The van der Waals surface area contributed by atoms with Gasteiger partial charge in [-0.15, -0.1) is 0 Å². The van der Waals surface area contributed by atoms with Crippen LogP contribution in [0.5, 0.6) is 5.75 Å². The van der Waals surface area contributed by atoms with Crippen molar-refractivity contribution in [2.24, 2.45) is 0 Å². The third kappa shape index (κ3) is 4.03. The first-order chi connectivity index (χ1) is 11.3. The highest BCUT2D eigenvalue weighted by Gasteiger charge is 2.42. The third-order valence-electron chi connectivity index (χ3n) is 4.46. The van der Waals surface area contributed by atoms with Crippen molar-refractivity contribution in [3.63, 3.8) is 0 Å². The molecular weight excluding hydrogens is 372 g/mol. The van der Waals surface area contributed by atoms with Gasteiger partial charge < -0.3 is 20.1 Å². The number of piperidine rings is 1. The Morgan fingerprint density at radius 3 is 2.75 bits per heavy atom. The van der Waals surface area contributed by atoms with Crippen LogP contribution in [0.2, 0.25) is 0 Å². The molecule has 0 saturated carbocycles. The average Bonchev–Trinajstić information content (AvgIpc) is 2.47. The largest absolute Gasteiger partial charge is 0.487 e. The maximum absolute atomic E-state index is 12.3. The minimum atomic E-state index is -0.512. The van der Waals surface area contributed by atoms with E-state index in [0.29, 0.717) is 0 Å². The van der Waals surface area contributed by atoms with Gasteiger partial charge >= 0.3 is 6.09 Å². The van der Waals surface area contributed by atoms with Crippen molar-refractivity contribution >= 4 is 22.0 Å². The predicted octanol–water partition coefficient (Wildman–Crippen LogP) is 3.92. The van der Waals surface area contributed by atoms with Gasteiger partial charge in [-0.3, -0.25) is 0 Å². The van der Waals surface area contributed by atoms with E-state index in [1.54, 1.807) is 0 Å². The number of hydrogen-bond acceptors (Lipinski definition) is 4. The van der Waals surface area contributed by atoms with Crippen molar-refractivity contribution in [1.82, 2.24) is 10.6 Å². The smallest absolute Gasteiger partial charge is 0.408 e. The molecule has 1 aromatic rings. The minimum Gasteiger partial charge on any atom is -0.487 e. The van der Waals surface area contributed by atoms with Crippen molar-refractivity contribution in [3.8, 4) is 5.75 Å². The Balaban J connectivity index is 1.85. The first kappa shape index (κ1) is 17.5. The lowest BCUT2D eigenvalue weighted by molar-refractivity contribution is -0.000417. The van der Waals surface area contributed by atoms with Crippen LogP contribution in [0.15, 0.2) is 22.7 Å². The molecule has 1 fully saturated rings. The molecule has 24 heavy (non-hydrogen) atoms. The minimum absolute atomic E-state index is 0.112. The topological polar surface area (TPSA) is 59.6 Å². The van der Waals surface area contributed by atoms with Gasteiger partial charge in [0.05, 0.1) is 6.04 Å². The second kappa shape index (κ2) is 6.56. The van der Waals surface area contributed by atoms with Crippen molar-refractivity contribution in [3.05, 3.63) is 28.2 Å². The molecule has 3 rings (SSSR count). The van der Waals surface area contributed by atoms with Gasteiger partial charge in [-0.1, -0.05) is 15.9 Å². The molecule has 2 aliphatic heterocycles. The highest BCUT2D eigenvalue weighted by atomic mass is 79.9. The number of halogens is 1. The molecule has 1 amide bonds. The Hall–Kier alpha value is -1.27. The Labute approximate surface area is 151 Å². The molecule has 2 aliphatic rings. The summed E-state index contributed by atoms with van der Waals surface area (Å²) in [4.78, 5) is 12.3. The highest BCUT2D eigenvalue weighted by Crippen LogP contribution is 2.44. The fraction of sp³-hybridized carbons (Fsp3) is 0.611. The normalized spacial score (nSPS) is 22.4. The Morgan fingerprint density at radius 2 is 2.08 bits per heavy atom. The molecule has 1 saturated heterocycles. The van der Waals surface area contributed by atoms with E-state index in [0.717, 1.165) is 48.1 Å². The van der Waals surface area contributed by atoms with Crippen molar-refractivity contribution in [2.75, 3.05) is 13.1 Å². The number of fused-ring (bicyclic) bond motifs is 1. The summed E-state index contributed by atoms with van der Waals surface area (Å²) < 4.78 is 12.8. The van der Waals surface area contributed by atoms with Crippen LogP contribution in [-0.4, -0.2) is 30.4 Å². The van der Waals surface area contributed by atoms with E-state index in [2.05, 4.69) is 26.6 Å². The first-order valence-corrected chi connectivity index (χ1v) is 9.24. The number of nitrogens with one attached hydrogen (secondary N) is 2. The summed E-state index contributed by atoms with van der Waals surface area (Å²) in [7, 11) is 0. The van der Waals surface area contributed by atoms with Crippen molar-refractivity contribution in [2.45, 2.75) is 57.3 Å². The van der Waals surface area contributed by atoms with E-state index in [-0.39, 0.29) is 17.7 Å². The number of rotatable bonds is 1. The van der Waals surface area contributed by atoms with Gasteiger partial charge in [0.15, 0.2) is 0 Å². The first-order valence-electron chi connectivity index (χ1n) is 8.45.